The van der Waals surface area contributed by atoms with Crippen molar-refractivity contribution >= 4 is 0 Å². The maximum Gasteiger partial charge on any atom is 0.0156 e. The summed E-state index contributed by atoms with van der Waals surface area (Å²) >= 11 is 0. The third-order valence-corrected chi connectivity index (χ3v) is 4.79. The fraction of sp³-hybridized carbons (Fsp3) is 1.00. The standard InChI is InChI=1S/C14H28N2/c1-14(2)9-6-10-16(14)13-8-5-3-4-7-12(13)11-15/h12-13H,3-11,15H2,1-2H3. The average molecular weight is 224 g/mol. The normalized spacial score (nSPS) is 36.2. The first kappa shape index (κ1) is 12.4. The van der Waals surface area contributed by atoms with Gasteiger partial charge in [0.1, 0.15) is 0 Å². The first-order chi connectivity index (χ1) is 7.65. The summed E-state index contributed by atoms with van der Waals surface area (Å²) in [4.78, 5) is 2.77. The lowest BCUT2D eigenvalue weighted by Gasteiger charge is -2.41. The van der Waals surface area contributed by atoms with Gasteiger partial charge in [0.15, 0.2) is 0 Å². The summed E-state index contributed by atoms with van der Waals surface area (Å²) in [6.45, 7) is 7.02. The molecule has 0 aromatic heterocycles. The first-order valence-electron chi connectivity index (χ1n) is 7.12. The molecule has 2 N–H and O–H groups in total. The van der Waals surface area contributed by atoms with Crippen LogP contribution in [0.3, 0.4) is 0 Å². The van der Waals surface area contributed by atoms with Crippen molar-refractivity contribution in [3.63, 3.8) is 0 Å². The Balaban J connectivity index is 2.09. The van der Waals surface area contributed by atoms with Gasteiger partial charge in [-0.15, -0.1) is 0 Å². The minimum absolute atomic E-state index is 0.419. The number of hydrogen-bond donors (Lipinski definition) is 1. The van der Waals surface area contributed by atoms with E-state index in [2.05, 4.69) is 18.7 Å². The Morgan fingerprint density at radius 3 is 2.50 bits per heavy atom. The molecule has 2 aliphatic rings. The van der Waals surface area contributed by atoms with E-state index < -0.39 is 0 Å². The van der Waals surface area contributed by atoms with Crippen LogP contribution in [-0.4, -0.2) is 29.6 Å². The van der Waals surface area contributed by atoms with E-state index in [1.807, 2.05) is 0 Å². The SMILES string of the molecule is CC1(C)CCCN1C1CCCCCC1CN. The lowest BCUT2D eigenvalue weighted by Crippen LogP contribution is -2.49. The quantitative estimate of drug-likeness (QED) is 0.731. The number of nitrogens with zero attached hydrogens (tertiary/aromatic N) is 1. The van der Waals surface area contributed by atoms with Crippen molar-refractivity contribution in [2.24, 2.45) is 11.7 Å². The van der Waals surface area contributed by atoms with Crippen molar-refractivity contribution in [3.05, 3.63) is 0 Å². The second-order valence-electron chi connectivity index (χ2n) is 6.31. The van der Waals surface area contributed by atoms with Crippen LogP contribution in [0.5, 0.6) is 0 Å². The zero-order valence-corrected chi connectivity index (χ0v) is 11.0. The Bertz CT molecular complexity index is 225. The lowest BCUT2D eigenvalue weighted by atomic mass is 9.90. The zero-order valence-electron chi connectivity index (χ0n) is 11.0. The molecule has 2 atom stereocenters. The van der Waals surface area contributed by atoms with Crippen molar-refractivity contribution in [3.8, 4) is 0 Å². The Kier molecular flexibility index (Phi) is 3.91. The van der Waals surface area contributed by atoms with Gasteiger partial charge in [-0.2, -0.15) is 0 Å². The van der Waals surface area contributed by atoms with Crippen molar-refractivity contribution in [1.82, 2.24) is 4.90 Å². The topological polar surface area (TPSA) is 29.3 Å². The van der Waals surface area contributed by atoms with Crippen molar-refractivity contribution < 1.29 is 0 Å². The third kappa shape index (κ3) is 2.43. The Morgan fingerprint density at radius 1 is 1.12 bits per heavy atom. The fourth-order valence-corrected chi connectivity index (χ4v) is 3.79. The smallest absolute Gasteiger partial charge is 0.0156 e. The van der Waals surface area contributed by atoms with E-state index in [0.29, 0.717) is 5.54 Å². The van der Waals surface area contributed by atoms with Crippen LogP contribution >= 0.6 is 0 Å². The molecular weight excluding hydrogens is 196 g/mol. The van der Waals surface area contributed by atoms with Gasteiger partial charge in [0, 0.05) is 11.6 Å². The molecule has 0 amide bonds. The van der Waals surface area contributed by atoms with Crippen LogP contribution in [-0.2, 0) is 0 Å². The summed E-state index contributed by atoms with van der Waals surface area (Å²) in [5, 5.41) is 0. The van der Waals surface area contributed by atoms with Gasteiger partial charge in [-0.3, -0.25) is 4.90 Å². The molecule has 0 radical (unpaired) electrons. The molecule has 2 fully saturated rings. The van der Waals surface area contributed by atoms with Gasteiger partial charge in [0.2, 0.25) is 0 Å². The van der Waals surface area contributed by atoms with Crippen LogP contribution < -0.4 is 5.73 Å². The molecular formula is C14H28N2. The first-order valence-corrected chi connectivity index (χ1v) is 7.12. The number of hydrogen-bond acceptors (Lipinski definition) is 2. The predicted octanol–water partition coefficient (Wildman–Crippen LogP) is 2.77. The highest BCUT2D eigenvalue weighted by Gasteiger charge is 2.39. The molecule has 0 bridgehead atoms. The molecule has 94 valence electrons. The summed E-state index contributed by atoms with van der Waals surface area (Å²) in [5.41, 5.74) is 6.41. The van der Waals surface area contributed by atoms with E-state index in [1.54, 1.807) is 0 Å². The largest absolute Gasteiger partial charge is 0.330 e. The van der Waals surface area contributed by atoms with Crippen molar-refractivity contribution in [2.45, 2.75) is 70.4 Å². The van der Waals surface area contributed by atoms with Gasteiger partial charge in [-0.1, -0.05) is 19.3 Å². The van der Waals surface area contributed by atoms with Crippen LogP contribution in [0.25, 0.3) is 0 Å². The molecule has 0 aromatic rings. The highest BCUT2D eigenvalue weighted by molar-refractivity contribution is 4.95. The molecule has 2 nitrogen and oxygen atoms in total. The van der Waals surface area contributed by atoms with Crippen LogP contribution in [0.4, 0.5) is 0 Å². The summed E-state index contributed by atoms with van der Waals surface area (Å²) in [5.74, 6) is 0.750. The molecule has 16 heavy (non-hydrogen) atoms. The average Bonchev–Trinajstić information content (AvgIpc) is 2.50. The molecule has 1 saturated carbocycles. The van der Waals surface area contributed by atoms with Gasteiger partial charge in [0.05, 0.1) is 0 Å². The van der Waals surface area contributed by atoms with Crippen LogP contribution in [0.15, 0.2) is 0 Å². The highest BCUT2D eigenvalue weighted by atomic mass is 15.2. The van der Waals surface area contributed by atoms with Gasteiger partial charge in [-0.25, -0.2) is 0 Å². The van der Waals surface area contributed by atoms with Gasteiger partial charge in [0.25, 0.3) is 0 Å². The minimum Gasteiger partial charge on any atom is -0.330 e. The molecule has 2 heteroatoms. The van der Waals surface area contributed by atoms with Gasteiger partial charge >= 0.3 is 0 Å². The highest BCUT2D eigenvalue weighted by Crippen LogP contribution is 2.36. The number of nitrogens with two attached hydrogens (primary N) is 1. The zero-order chi connectivity index (χ0) is 11.6. The molecule has 1 saturated heterocycles. The maximum atomic E-state index is 5.99. The van der Waals surface area contributed by atoms with Gasteiger partial charge in [-0.05, 0) is 58.5 Å². The summed E-state index contributed by atoms with van der Waals surface area (Å²) < 4.78 is 0. The van der Waals surface area contributed by atoms with E-state index in [0.717, 1.165) is 18.5 Å². The molecule has 2 rings (SSSR count). The molecule has 2 unspecified atom stereocenters. The third-order valence-electron chi connectivity index (χ3n) is 4.79. The van der Waals surface area contributed by atoms with Crippen LogP contribution in [0.1, 0.15) is 58.8 Å². The maximum absolute atomic E-state index is 5.99. The van der Waals surface area contributed by atoms with E-state index in [-0.39, 0.29) is 0 Å². The van der Waals surface area contributed by atoms with Crippen molar-refractivity contribution in [1.29, 1.82) is 0 Å². The van der Waals surface area contributed by atoms with Crippen molar-refractivity contribution in [2.75, 3.05) is 13.1 Å². The Hall–Kier alpha value is -0.0800. The van der Waals surface area contributed by atoms with E-state index >= 15 is 0 Å². The van der Waals surface area contributed by atoms with Crippen LogP contribution in [0, 0.1) is 5.92 Å². The second kappa shape index (κ2) is 5.05. The molecule has 1 aliphatic carbocycles. The molecule has 0 aromatic carbocycles. The Morgan fingerprint density at radius 2 is 1.88 bits per heavy atom. The van der Waals surface area contributed by atoms with Gasteiger partial charge < -0.3 is 5.73 Å². The van der Waals surface area contributed by atoms with E-state index in [4.69, 9.17) is 5.73 Å². The predicted molar refractivity (Wildman–Crippen MR) is 69.4 cm³/mol. The second-order valence-corrected chi connectivity index (χ2v) is 6.31. The minimum atomic E-state index is 0.419. The summed E-state index contributed by atoms with van der Waals surface area (Å²) in [7, 11) is 0. The number of rotatable bonds is 2. The number of likely N-dealkylation sites (tertiary alicyclic amines) is 1. The lowest BCUT2D eigenvalue weighted by molar-refractivity contribution is 0.0735. The van der Waals surface area contributed by atoms with E-state index in [1.165, 1.54) is 51.5 Å². The molecule has 1 aliphatic heterocycles. The summed E-state index contributed by atoms with van der Waals surface area (Å²) in [6, 6.07) is 0.769. The summed E-state index contributed by atoms with van der Waals surface area (Å²) in [6.07, 6.45) is 9.70. The Labute approximate surface area is 101 Å². The fourth-order valence-electron chi connectivity index (χ4n) is 3.79. The van der Waals surface area contributed by atoms with Crippen LogP contribution in [0.2, 0.25) is 0 Å². The monoisotopic (exact) mass is 224 g/mol. The van der Waals surface area contributed by atoms with E-state index in [9.17, 15) is 0 Å². The molecule has 0 spiro atoms. The molecule has 1 heterocycles.